The van der Waals surface area contributed by atoms with Gasteiger partial charge in [0.25, 0.3) is 0 Å². The van der Waals surface area contributed by atoms with Gasteiger partial charge in [0.15, 0.2) is 0 Å². The molecule has 1 aliphatic rings. The van der Waals surface area contributed by atoms with Gasteiger partial charge in [-0.05, 0) is 6.92 Å². The van der Waals surface area contributed by atoms with Crippen molar-refractivity contribution in [2.75, 3.05) is 0 Å². The third-order valence-electron chi connectivity index (χ3n) is 1.56. The Bertz CT molecular complexity index is 162. The summed E-state index contributed by atoms with van der Waals surface area (Å²) < 4.78 is 0. The maximum absolute atomic E-state index is 10.6. The van der Waals surface area contributed by atoms with Crippen molar-refractivity contribution in [1.29, 1.82) is 0 Å². The molecule has 3 nitrogen and oxygen atoms in total. The van der Waals surface area contributed by atoms with Crippen molar-refractivity contribution < 1.29 is 4.79 Å². The van der Waals surface area contributed by atoms with E-state index in [1.165, 1.54) is 0 Å². The molecule has 1 amide bonds. The zero-order chi connectivity index (χ0) is 6.85. The van der Waals surface area contributed by atoms with Crippen LogP contribution >= 0.6 is 0 Å². The van der Waals surface area contributed by atoms with E-state index < -0.39 is 0 Å². The molecule has 0 aromatic rings. The summed E-state index contributed by atoms with van der Waals surface area (Å²) in [5.74, 6) is 0.340. The fourth-order valence-electron chi connectivity index (χ4n) is 0.732. The molecule has 1 aliphatic heterocycles. The fraction of sp³-hybridized carbons (Fsp3) is 0.667. The van der Waals surface area contributed by atoms with E-state index in [1.54, 1.807) is 0 Å². The van der Waals surface area contributed by atoms with E-state index in [0.717, 1.165) is 5.71 Å². The second-order valence-corrected chi connectivity index (χ2v) is 2.39. The first-order chi connectivity index (χ1) is 4.20. The van der Waals surface area contributed by atoms with Crippen LogP contribution in [0.25, 0.3) is 0 Å². The van der Waals surface area contributed by atoms with Gasteiger partial charge in [-0.15, -0.1) is 0 Å². The fourth-order valence-corrected chi connectivity index (χ4v) is 0.732. The van der Waals surface area contributed by atoms with Gasteiger partial charge in [0.05, 0.1) is 0 Å². The number of carbonyl (C=O) groups is 1. The van der Waals surface area contributed by atoms with Crippen molar-refractivity contribution >= 4 is 11.6 Å². The van der Waals surface area contributed by atoms with E-state index in [1.807, 2.05) is 13.8 Å². The SMILES string of the molecule is CC1=NNC(=O)C[C@H]1C. The second kappa shape index (κ2) is 2.17. The maximum Gasteiger partial charge on any atom is 0.240 e. The van der Waals surface area contributed by atoms with Crippen LogP contribution < -0.4 is 5.43 Å². The smallest absolute Gasteiger partial charge is 0.240 e. The van der Waals surface area contributed by atoms with Crippen LogP contribution in [0.2, 0.25) is 0 Å². The standard InChI is InChI=1S/C6H10N2O/c1-4-3-6(9)8-7-5(4)2/h4H,3H2,1-2H3,(H,8,9)/t4-/m1/s1. The lowest BCUT2D eigenvalue weighted by molar-refractivity contribution is -0.121. The Kier molecular flexibility index (Phi) is 1.51. The van der Waals surface area contributed by atoms with E-state index in [9.17, 15) is 4.79 Å². The highest BCUT2D eigenvalue weighted by Gasteiger charge is 2.15. The molecule has 0 unspecified atom stereocenters. The average molecular weight is 126 g/mol. The van der Waals surface area contributed by atoms with Crippen molar-refractivity contribution in [3.8, 4) is 0 Å². The molecule has 1 atom stereocenters. The molecule has 1 N–H and O–H groups in total. The Morgan fingerprint density at radius 3 is 2.89 bits per heavy atom. The highest BCUT2D eigenvalue weighted by molar-refractivity contribution is 5.92. The molecule has 9 heavy (non-hydrogen) atoms. The molecular formula is C6H10N2O. The van der Waals surface area contributed by atoms with E-state index >= 15 is 0 Å². The van der Waals surface area contributed by atoms with Gasteiger partial charge in [-0.3, -0.25) is 4.79 Å². The minimum Gasteiger partial charge on any atom is -0.273 e. The van der Waals surface area contributed by atoms with Crippen molar-refractivity contribution in [1.82, 2.24) is 5.43 Å². The molecule has 50 valence electrons. The minimum atomic E-state index is 0.0214. The average Bonchev–Trinajstić information content (AvgIpc) is 1.80. The van der Waals surface area contributed by atoms with Gasteiger partial charge < -0.3 is 0 Å². The quantitative estimate of drug-likeness (QED) is 0.505. The number of hydrogen-bond acceptors (Lipinski definition) is 2. The highest BCUT2D eigenvalue weighted by Crippen LogP contribution is 2.07. The highest BCUT2D eigenvalue weighted by atomic mass is 16.2. The summed E-state index contributed by atoms with van der Waals surface area (Å²) in [6.45, 7) is 3.92. The van der Waals surface area contributed by atoms with E-state index in [4.69, 9.17) is 0 Å². The molecule has 0 saturated heterocycles. The normalized spacial score (nSPS) is 27.1. The van der Waals surface area contributed by atoms with Crippen LogP contribution in [0.1, 0.15) is 20.3 Å². The molecule has 1 rings (SSSR count). The molecule has 0 aliphatic carbocycles. The van der Waals surface area contributed by atoms with Crippen LogP contribution in [0.5, 0.6) is 0 Å². The first-order valence-corrected chi connectivity index (χ1v) is 3.03. The lowest BCUT2D eigenvalue weighted by atomic mass is 10.0. The first-order valence-electron chi connectivity index (χ1n) is 3.03. The van der Waals surface area contributed by atoms with Gasteiger partial charge in [-0.25, -0.2) is 5.43 Å². The zero-order valence-electron chi connectivity index (χ0n) is 5.64. The summed E-state index contributed by atoms with van der Waals surface area (Å²) in [6, 6.07) is 0. The van der Waals surface area contributed by atoms with Crippen molar-refractivity contribution in [3.63, 3.8) is 0 Å². The molecule has 0 spiro atoms. The van der Waals surface area contributed by atoms with Gasteiger partial charge in [-0.1, -0.05) is 6.92 Å². The van der Waals surface area contributed by atoms with Crippen LogP contribution in [-0.2, 0) is 4.79 Å². The second-order valence-electron chi connectivity index (χ2n) is 2.39. The summed E-state index contributed by atoms with van der Waals surface area (Å²) in [5, 5.41) is 3.81. The summed E-state index contributed by atoms with van der Waals surface area (Å²) in [5.41, 5.74) is 3.42. The van der Waals surface area contributed by atoms with Gasteiger partial charge in [0.2, 0.25) is 5.91 Å². The Morgan fingerprint density at radius 2 is 2.44 bits per heavy atom. The monoisotopic (exact) mass is 126 g/mol. The van der Waals surface area contributed by atoms with E-state index in [2.05, 4.69) is 10.5 Å². The van der Waals surface area contributed by atoms with E-state index in [-0.39, 0.29) is 5.91 Å². The number of hydrogen-bond donors (Lipinski definition) is 1. The number of rotatable bonds is 0. The third kappa shape index (κ3) is 1.28. The predicted octanol–water partition coefficient (Wildman–Crippen LogP) is 0.518. The Morgan fingerprint density at radius 1 is 1.78 bits per heavy atom. The maximum atomic E-state index is 10.6. The number of nitrogens with one attached hydrogen (secondary N) is 1. The number of carbonyl (C=O) groups excluding carboxylic acids is 1. The van der Waals surface area contributed by atoms with Gasteiger partial charge in [-0.2, -0.15) is 5.10 Å². The number of hydrazone groups is 1. The molecule has 0 radical (unpaired) electrons. The molecule has 0 bridgehead atoms. The zero-order valence-corrected chi connectivity index (χ0v) is 5.64. The molecule has 0 aromatic carbocycles. The van der Waals surface area contributed by atoms with Crippen molar-refractivity contribution in [2.45, 2.75) is 20.3 Å². The number of amides is 1. The predicted molar refractivity (Wildman–Crippen MR) is 35.0 cm³/mol. The van der Waals surface area contributed by atoms with Crippen molar-refractivity contribution in [2.24, 2.45) is 11.0 Å². The third-order valence-corrected chi connectivity index (χ3v) is 1.56. The van der Waals surface area contributed by atoms with Crippen LogP contribution in [0.3, 0.4) is 0 Å². The number of nitrogens with zero attached hydrogens (tertiary/aromatic N) is 1. The molecule has 0 aromatic heterocycles. The summed E-state index contributed by atoms with van der Waals surface area (Å²) >= 11 is 0. The van der Waals surface area contributed by atoms with Gasteiger partial charge in [0, 0.05) is 18.1 Å². The molecule has 3 heteroatoms. The molecule has 0 saturated carbocycles. The Hall–Kier alpha value is -0.860. The molecular weight excluding hydrogens is 116 g/mol. The van der Waals surface area contributed by atoms with E-state index in [0.29, 0.717) is 12.3 Å². The lowest BCUT2D eigenvalue weighted by Crippen LogP contribution is -2.29. The molecule has 0 fully saturated rings. The molecule has 1 heterocycles. The largest absolute Gasteiger partial charge is 0.273 e. The summed E-state index contributed by atoms with van der Waals surface area (Å²) in [4.78, 5) is 10.6. The topological polar surface area (TPSA) is 41.5 Å². The van der Waals surface area contributed by atoms with Gasteiger partial charge in [0.1, 0.15) is 0 Å². The van der Waals surface area contributed by atoms with Crippen LogP contribution in [0, 0.1) is 5.92 Å². The Labute approximate surface area is 54.1 Å². The minimum absolute atomic E-state index is 0.0214. The first kappa shape index (κ1) is 6.26. The Balaban J connectivity index is 2.67. The van der Waals surface area contributed by atoms with Crippen LogP contribution in [-0.4, -0.2) is 11.6 Å². The van der Waals surface area contributed by atoms with Crippen LogP contribution in [0.4, 0.5) is 0 Å². The lowest BCUT2D eigenvalue weighted by Gasteiger charge is -2.14. The van der Waals surface area contributed by atoms with Crippen molar-refractivity contribution in [3.05, 3.63) is 0 Å². The van der Waals surface area contributed by atoms with Crippen LogP contribution in [0.15, 0.2) is 5.10 Å². The van der Waals surface area contributed by atoms with Gasteiger partial charge >= 0.3 is 0 Å². The summed E-state index contributed by atoms with van der Waals surface area (Å²) in [6.07, 6.45) is 0.579. The summed E-state index contributed by atoms with van der Waals surface area (Å²) in [7, 11) is 0.